The number of amides is 1. The molecule has 120 valence electrons. The molecule has 0 spiro atoms. The molecule has 1 amide bonds. The number of hydrogen-bond acceptors (Lipinski definition) is 4. The zero-order chi connectivity index (χ0) is 16.4. The predicted molar refractivity (Wildman–Crippen MR) is 86.4 cm³/mol. The minimum Gasteiger partial charge on any atom is -0.396 e. The number of nitrogens with one attached hydrogen (secondary N) is 1. The van der Waals surface area contributed by atoms with Gasteiger partial charge in [0.25, 0.3) is 5.91 Å². The Morgan fingerprint density at radius 2 is 2.04 bits per heavy atom. The summed E-state index contributed by atoms with van der Waals surface area (Å²) in [7, 11) is 0. The number of aliphatic hydroxyl groups is 1. The van der Waals surface area contributed by atoms with E-state index in [1.165, 1.54) is 0 Å². The molecule has 6 nitrogen and oxygen atoms in total. The highest BCUT2D eigenvalue weighted by Crippen LogP contribution is 2.18. The molecule has 0 saturated heterocycles. The summed E-state index contributed by atoms with van der Waals surface area (Å²) in [6.45, 7) is 3.95. The zero-order valence-corrected chi connectivity index (χ0v) is 13.2. The van der Waals surface area contributed by atoms with Crippen molar-refractivity contribution in [3.8, 4) is 5.69 Å². The van der Waals surface area contributed by atoms with Gasteiger partial charge in [0.2, 0.25) is 0 Å². The van der Waals surface area contributed by atoms with Crippen LogP contribution in [-0.4, -0.2) is 38.7 Å². The van der Waals surface area contributed by atoms with Crippen LogP contribution in [0, 0.1) is 19.8 Å². The van der Waals surface area contributed by atoms with Crippen LogP contribution in [0.3, 0.4) is 0 Å². The molecule has 2 aromatic rings. The SMILES string of the molecule is Cc1ccc(-n2nnc(C(=O)N[C@@H]3C=C[C@H](CO)C3)c2C)cc1. The Morgan fingerprint density at radius 1 is 1.30 bits per heavy atom. The van der Waals surface area contributed by atoms with Crippen LogP contribution in [0.15, 0.2) is 36.4 Å². The molecular formula is C17H20N4O2. The van der Waals surface area contributed by atoms with Gasteiger partial charge in [-0.1, -0.05) is 35.1 Å². The first-order chi connectivity index (χ1) is 11.1. The van der Waals surface area contributed by atoms with Gasteiger partial charge in [-0.25, -0.2) is 4.68 Å². The van der Waals surface area contributed by atoms with E-state index in [1.54, 1.807) is 4.68 Å². The van der Waals surface area contributed by atoms with Crippen LogP contribution < -0.4 is 5.32 Å². The summed E-state index contributed by atoms with van der Waals surface area (Å²) in [5, 5.41) is 20.2. The maximum Gasteiger partial charge on any atom is 0.274 e. The molecular weight excluding hydrogens is 292 g/mol. The normalized spacial score (nSPS) is 20.0. The van der Waals surface area contributed by atoms with Gasteiger partial charge in [0.05, 0.1) is 11.4 Å². The van der Waals surface area contributed by atoms with Crippen LogP contribution in [0.4, 0.5) is 0 Å². The predicted octanol–water partition coefficient (Wildman–Crippen LogP) is 1.55. The Labute approximate surface area is 134 Å². The standard InChI is InChI=1S/C17H20N4O2/c1-11-3-7-15(8-4-11)21-12(2)16(19-20-21)17(23)18-14-6-5-13(9-14)10-22/h3-8,13-14,22H,9-10H2,1-2H3,(H,18,23)/t13-,14+/m0/s1. The fraction of sp³-hybridized carbons (Fsp3) is 0.353. The summed E-state index contributed by atoms with van der Waals surface area (Å²) in [6.07, 6.45) is 4.56. The average molecular weight is 312 g/mol. The Bertz CT molecular complexity index is 734. The van der Waals surface area contributed by atoms with Gasteiger partial charge in [0, 0.05) is 18.6 Å². The highest BCUT2D eigenvalue weighted by atomic mass is 16.3. The number of benzene rings is 1. The number of carbonyl (C=O) groups excluding carboxylic acids is 1. The molecule has 2 N–H and O–H groups in total. The number of nitrogens with zero attached hydrogens (tertiary/aromatic N) is 3. The maximum absolute atomic E-state index is 12.4. The van der Waals surface area contributed by atoms with E-state index in [0.717, 1.165) is 11.3 Å². The lowest BCUT2D eigenvalue weighted by Gasteiger charge is -2.12. The smallest absolute Gasteiger partial charge is 0.274 e. The van der Waals surface area contributed by atoms with Gasteiger partial charge in [-0.2, -0.15) is 0 Å². The molecule has 0 radical (unpaired) electrons. The minimum atomic E-state index is -0.242. The lowest BCUT2D eigenvalue weighted by atomic mass is 10.1. The first kappa shape index (κ1) is 15.4. The third kappa shape index (κ3) is 3.17. The van der Waals surface area contributed by atoms with E-state index in [1.807, 2.05) is 50.3 Å². The molecule has 23 heavy (non-hydrogen) atoms. The van der Waals surface area contributed by atoms with Gasteiger partial charge in [-0.05, 0) is 32.4 Å². The van der Waals surface area contributed by atoms with E-state index in [0.29, 0.717) is 17.8 Å². The number of rotatable bonds is 4. The van der Waals surface area contributed by atoms with Crippen molar-refractivity contribution >= 4 is 5.91 Å². The van der Waals surface area contributed by atoms with E-state index in [9.17, 15) is 4.79 Å². The first-order valence-corrected chi connectivity index (χ1v) is 7.68. The summed E-state index contributed by atoms with van der Waals surface area (Å²) in [5.74, 6) is -0.126. The number of aliphatic hydroxyl groups excluding tert-OH is 1. The van der Waals surface area contributed by atoms with E-state index in [-0.39, 0.29) is 24.5 Å². The van der Waals surface area contributed by atoms with Crippen molar-refractivity contribution in [2.24, 2.45) is 5.92 Å². The summed E-state index contributed by atoms with van der Waals surface area (Å²) >= 11 is 0. The summed E-state index contributed by atoms with van der Waals surface area (Å²) in [4.78, 5) is 12.4. The van der Waals surface area contributed by atoms with Gasteiger partial charge >= 0.3 is 0 Å². The molecule has 0 fully saturated rings. The third-order valence-electron chi connectivity index (χ3n) is 4.11. The topological polar surface area (TPSA) is 80.0 Å². The van der Waals surface area contributed by atoms with Gasteiger partial charge in [0.15, 0.2) is 5.69 Å². The molecule has 2 atom stereocenters. The van der Waals surface area contributed by atoms with Crippen molar-refractivity contribution in [1.29, 1.82) is 0 Å². The molecule has 6 heteroatoms. The van der Waals surface area contributed by atoms with Crippen LogP contribution in [0.1, 0.15) is 28.2 Å². The number of carbonyl (C=O) groups is 1. The molecule has 0 bridgehead atoms. The van der Waals surface area contributed by atoms with Crippen molar-refractivity contribution in [3.05, 3.63) is 53.4 Å². The number of hydrogen-bond donors (Lipinski definition) is 2. The van der Waals surface area contributed by atoms with Gasteiger partial charge in [-0.15, -0.1) is 5.10 Å². The summed E-state index contributed by atoms with van der Waals surface area (Å²) < 4.78 is 1.66. The second kappa shape index (κ2) is 6.34. The lowest BCUT2D eigenvalue weighted by molar-refractivity contribution is 0.0935. The van der Waals surface area contributed by atoms with Gasteiger partial charge in [0.1, 0.15) is 0 Å². The summed E-state index contributed by atoms with van der Waals surface area (Å²) in [6, 6.07) is 7.82. The monoisotopic (exact) mass is 312 g/mol. The summed E-state index contributed by atoms with van der Waals surface area (Å²) in [5.41, 5.74) is 3.06. The lowest BCUT2D eigenvalue weighted by Crippen LogP contribution is -2.33. The second-order valence-corrected chi connectivity index (χ2v) is 5.91. The van der Waals surface area contributed by atoms with E-state index in [2.05, 4.69) is 15.6 Å². The van der Waals surface area contributed by atoms with Crippen LogP contribution in [-0.2, 0) is 0 Å². The van der Waals surface area contributed by atoms with Crippen molar-refractivity contribution in [2.45, 2.75) is 26.3 Å². The van der Waals surface area contributed by atoms with Crippen LogP contribution in [0.2, 0.25) is 0 Å². The quantitative estimate of drug-likeness (QED) is 0.840. The van der Waals surface area contributed by atoms with Crippen molar-refractivity contribution in [3.63, 3.8) is 0 Å². The fourth-order valence-electron chi connectivity index (χ4n) is 2.72. The molecule has 0 aliphatic heterocycles. The molecule has 0 saturated carbocycles. The molecule has 3 rings (SSSR count). The number of aromatic nitrogens is 3. The third-order valence-corrected chi connectivity index (χ3v) is 4.11. The van der Waals surface area contributed by atoms with Gasteiger partial charge in [-0.3, -0.25) is 4.79 Å². The van der Waals surface area contributed by atoms with Gasteiger partial charge < -0.3 is 10.4 Å². The Balaban J connectivity index is 1.75. The highest BCUT2D eigenvalue weighted by Gasteiger charge is 2.23. The second-order valence-electron chi connectivity index (χ2n) is 5.91. The minimum absolute atomic E-state index is 0.0661. The molecule has 1 aliphatic rings. The average Bonchev–Trinajstić information content (AvgIpc) is 3.14. The van der Waals surface area contributed by atoms with Crippen LogP contribution in [0.25, 0.3) is 5.69 Å². The Hall–Kier alpha value is -2.47. The van der Waals surface area contributed by atoms with Crippen molar-refractivity contribution in [1.82, 2.24) is 20.3 Å². The molecule has 0 unspecified atom stereocenters. The molecule has 1 aliphatic carbocycles. The fourth-order valence-corrected chi connectivity index (χ4v) is 2.72. The Morgan fingerprint density at radius 3 is 2.70 bits per heavy atom. The zero-order valence-electron chi connectivity index (χ0n) is 13.2. The van der Waals surface area contributed by atoms with Crippen LogP contribution >= 0.6 is 0 Å². The molecule has 1 aromatic heterocycles. The van der Waals surface area contributed by atoms with Crippen molar-refractivity contribution < 1.29 is 9.90 Å². The van der Waals surface area contributed by atoms with E-state index < -0.39 is 0 Å². The van der Waals surface area contributed by atoms with E-state index >= 15 is 0 Å². The highest BCUT2D eigenvalue weighted by molar-refractivity contribution is 5.93. The first-order valence-electron chi connectivity index (χ1n) is 7.68. The maximum atomic E-state index is 12.4. The molecule has 1 heterocycles. The Kier molecular flexibility index (Phi) is 4.25. The van der Waals surface area contributed by atoms with Crippen LogP contribution in [0.5, 0.6) is 0 Å². The largest absolute Gasteiger partial charge is 0.396 e. The molecule has 1 aromatic carbocycles. The number of aryl methyl sites for hydroxylation is 1. The van der Waals surface area contributed by atoms with E-state index in [4.69, 9.17) is 5.11 Å². The van der Waals surface area contributed by atoms with Crippen molar-refractivity contribution in [2.75, 3.05) is 6.61 Å².